The van der Waals surface area contributed by atoms with Crippen LogP contribution in [0.5, 0.6) is 0 Å². The molecule has 0 saturated carbocycles. The van der Waals surface area contributed by atoms with Crippen molar-refractivity contribution in [2.24, 2.45) is 0 Å². The van der Waals surface area contributed by atoms with E-state index in [2.05, 4.69) is 0 Å². The number of aryl methyl sites for hydroxylation is 1. The number of fused-ring (bicyclic) bond motifs is 1. The molecule has 0 radical (unpaired) electrons. The van der Waals surface area contributed by atoms with Crippen LogP contribution in [0.15, 0.2) is 88.2 Å². The molecule has 3 aromatic carbocycles. The van der Waals surface area contributed by atoms with Crippen LogP contribution in [0, 0.1) is 6.92 Å². The number of furan rings is 1. The van der Waals surface area contributed by atoms with Crippen LogP contribution < -0.4 is 0 Å². The molecule has 1 heterocycles. The van der Waals surface area contributed by atoms with Crippen molar-refractivity contribution in [3.05, 3.63) is 90.0 Å². The Labute approximate surface area is 158 Å². The van der Waals surface area contributed by atoms with Gasteiger partial charge in [0.25, 0.3) is 10.1 Å². The van der Waals surface area contributed by atoms with E-state index >= 15 is 0 Å². The van der Waals surface area contributed by atoms with Crippen LogP contribution in [0.4, 0.5) is 0 Å². The highest BCUT2D eigenvalue weighted by Crippen LogP contribution is 2.28. The Morgan fingerprint density at radius 3 is 2.30 bits per heavy atom. The van der Waals surface area contributed by atoms with Gasteiger partial charge in [0.15, 0.2) is 0 Å². The first kappa shape index (κ1) is 17.5. The second-order valence-electron chi connectivity index (χ2n) is 6.37. The lowest BCUT2D eigenvalue weighted by molar-refractivity contribution is 0.308. The molecule has 27 heavy (non-hydrogen) atoms. The minimum Gasteiger partial charge on any atom is -0.456 e. The monoisotopic (exact) mass is 378 g/mol. The second-order valence-corrected chi connectivity index (χ2v) is 7.99. The smallest absolute Gasteiger partial charge is 0.297 e. The van der Waals surface area contributed by atoms with Crippen molar-refractivity contribution in [2.75, 3.05) is 0 Å². The first-order chi connectivity index (χ1) is 13.0. The molecule has 4 aromatic rings. The van der Waals surface area contributed by atoms with Gasteiger partial charge in [-0.3, -0.25) is 4.18 Å². The van der Waals surface area contributed by atoms with Gasteiger partial charge in [-0.1, -0.05) is 60.2 Å². The molecule has 0 N–H and O–H groups in total. The van der Waals surface area contributed by atoms with Crippen LogP contribution in [0.3, 0.4) is 0 Å². The van der Waals surface area contributed by atoms with Gasteiger partial charge in [-0.05, 0) is 36.8 Å². The molecule has 0 saturated heterocycles. The Morgan fingerprint density at radius 2 is 1.59 bits per heavy atom. The summed E-state index contributed by atoms with van der Waals surface area (Å²) in [7, 11) is -3.77. The molecule has 0 unspecified atom stereocenters. The molecule has 0 aliphatic rings. The Morgan fingerprint density at radius 1 is 0.889 bits per heavy atom. The largest absolute Gasteiger partial charge is 0.456 e. The number of hydrogen-bond donors (Lipinski definition) is 0. The predicted octanol–water partition coefficient (Wildman–Crippen LogP) is 5.31. The highest BCUT2D eigenvalue weighted by molar-refractivity contribution is 7.86. The third kappa shape index (κ3) is 3.79. The van der Waals surface area contributed by atoms with Crippen molar-refractivity contribution in [2.45, 2.75) is 18.4 Å². The fourth-order valence-electron chi connectivity index (χ4n) is 2.81. The molecule has 5 heteroatoms. The third-order valence-electron chi connectivity index (χ3n) is 4.35. The molecule has 0 atom stereocenters. The standard InChI is InChI=1S/C22H18O4S/c1-16-6-12-20(13-7-16)27(23,24)25-15-17-8-10-18(11-9-17)22-14-19-4-2-3-5-21(19)26-22/h2-14H,15H2,1H3. The molecule has 1 aromatic heterocycles. The van der Waals surface area contributed by atoms with Crippen LogP contribution in [0.25, 0.3) is 22.3 Å². The lowest BCUT2D eigenvalue weighted by atomic mass is 10.1. The van der Waals surface area contributed by atoms with Gasteiger partial charge in [0.2, 0.25) is 0 Å². The van der Waals surface area contributed by atoms with Crippen molar-refractivity contribution in [1.29, 1.82) is 0 Å². The summed E-state index contributed by atoms with van der Waals surface area (Å²) in [6.45, 7) is 1.89. The zero-order valence-electron chi connectivity index (χ0n) is 14.8. The van der Waals surface area contributed by atoms with Crippen molar-refractivity contribution in [3.8, 4) is 11.3 Å². The molecule has 0 bridgehead atoms. The fourth-order valence-corrected chi connectivity index (χ4v) is 3.70. The number of para-hydroxylation sites is 1. The van der Waals surface area contributed by atoms with Crippen molar-refractivity contribution < 1.29 is 17.0 Å². The van der Waals surface area contributed by atoms with E-state index in [1.165, 1.54) is 0 Å². The summed E-state index contributed by atoms with van der Waals surface area (Å²) < 4.78 is 35.6. The quantitative estimate of drug-likeness (QED) is 0.441. The lowest BCUT2D eigenvalue weighted by Gasteiger charge is -2.07. The van der Waals surface area contributed by atoms with Crippen molar-refractivity contribution >= 4 is 21.1 Å². The Bertz CT molecular complexity index is 1140. The van der Waals surface area contributed by atoms with Crippen LogP contribution in [-0.2, 0) is 20.9 Å². The summed E-state index contributed by atoms with van der Waals surface area (Å²) in [6, 6.07) is 23.9. The van der Waals surface area contributed by atoms with Crippen molar-refractivity contribution in [3.63, 3.8) is 0 Å². The Kier molecular flexibility index (Phi) is 4.56. The number of rotatable bonds is 5. The first-order valence-corrected chi connectivity index (χ1v) is 9.96. The molecule has 0 aliphatic carbocycles. The molecule has 0 spiro atoms. The summed E-state index contributed by atoms with van der Waals surface area (Å²) in [5.74, 6) is 0.774. The number of benzene rings is 3. The van der Waals surface area contributed by atoms with E-state index in [-0.39, 0.29) is 11.5 Å². The van der Waals surface area contributed by atoms with Crippen LogP contribution >= 0.6 is 0 Å². The summed E-state index contributed by atoms with van der Waals surface area (Å²) in [5.41, 5.74) is 3.53. The number of hydrogen-bond acceptors (Lipinski definition) is 4. The second kappa shape index (κ2) is 7.02. The van der Waals surface area contributed by atoms with E-state index < -0.39 is 10.1 Å². The van der Waals surface area contributed by atoms with Gasteiger partial charge in [-0.25, -0.2) is 0 Å². The maximum Gasteiger partial charge on any atom is 0.297 e. The van der Waals surface area contributed by atoms with E-state index in [1.807, 2.05) is 61.5 Å². The molecule has 0 aliphatic heterocycles. The average Bonchev–Trinajstić information content (AvgIpc) is 3.11. The summed E-state index contributed by atoms with van der Waals surface area (Å²) in [6.07, 6.45) is 0. The summed E-state index contributed by atoms with van der Waals surface area (Å²) in [5, 5.41) is 1.05. The molecule has 0 fully saturated rings. The molecule has 4 nitrogen and oxygen atoms in total. The van der Waals surface area contributed by atoms with Gasteiger partial charge >= 0.3 is 0 Å². The zero-order chi connectivity index (χ0) is 18.9. The molecular weight excluding hydrogens is 360 g/mol. The fraction of sp³-hybridized carbons (Fsp3) is 0.0909. The molecule has 136 valence electrons. The maximum atomic E-state index is 12.3. The molecular formula is C22H18O4S. The van der Waals surface area contributed by atoms with Crippen molar-refractivity contribution in [1.82, 2.24) is 0 Å². The summed E-state index contributed by atoms with van der Waals surface area (Å²) in [4.78, 5) is 0.159. The topological polar surface area (TPSA) is 56.5 Å². The Balaban J connectivity index is 1.48. The van der Waals surface area contributed by atoms with E-state index in [0.29, 0.717) is 0 Å². The normalized spacial score (nSPS) is 11.7. The minimum atomic E-state index is -3.77. The van der Waals surface area contributed by atoms with Gasteiger partial charge in [0, 0.05) is 10.9 Å². The van der Waals surface area contributed by atoms with Gasteiger partial charge in [-0.2, -0.15) is 8.42 Å². The van der Waals surface area contributed by atoms with Crippen LogP contribution in [0.1, 0.15) is 11.1 Å². The van der Waals surface area contributed by atoms with Crippen LogP contribution in [-0.4, -0.2) is 8.42 Å². The first-order valence-electron chi connectivity index (χ1n) is 8.55. The van der Waals surface area contributed by atoms with E-state index in [1.54, 1.807) is 24.3 Å². The Hall–Kier alpha value is -2.89. The van der Waals surface area contributed by atoms with E-state index in [0.717, 1.165) is 33.4 Å². The lowest BCUT2D eigenvalue weighted by Crippen LogP contribution is -2.06. The SMILES string of the molecule is Cc1ccc(S(=O)(=O)OCc2ccc(-c3cc4ccccc4o3)cc2)cc1. The molecule has 0 amide bonds. The third-order valence-corrected chi connectivity index (χ3v) is 5.63. The van der Waals surface area contributed by atoms with E-state index in [4.69, 9.17) is 8.60 Å². The minimum absolute atomic E-state index is 0.0172. The van der Waals surface area contributed by atoms with Gasteiger partial charge in [-0.15, -0.1) is 0 Å². The zero-order valence-corrected chi connectivity index (χ0v) is 15.6. The van der Waals surface area contributed by atoms with Gasteiger partial charge < -0.3 is 4.42 Å². The highest BCUT2D eigenvalue weighted by atomic mass is 32.2. The summed E-state index contributed by atoms with van der Waals surface area (Å²) >= 11 is 0. The highest BCUT2D eigenvalue weighted by Gasteiger charge is 2.15. The van der Waals surface area contributed by atoms with E-state index in [9.17, 15) is 8.42 Å². The van der Waals surface area contributed by atoms with Gasteiger partial charge in [0.1, 0.15) is 11.3 Å². The predicted molar refractivity (Wildman–Crippen MR) is 105 cm³/mol. The van der Waals surface area contributed by atoms with Crippen LogP contribution in [0.2, 0.25) is 0 Å². The molecule has 4 rings (SSSR count). The maximum absolute atomic E-state index is 12.3. The average molecular weight is 378 g/mol. The van der Waals surface area contributed by atoms with Gasteiger partial charge in [0.05, 0.1) is 11.5 Å².